The summed E-state index contributed by atoms with van der Waals surface area (Å²) in [5, 5.41) is 3.46. The lowest BCUT2D eigenvalue weighted by Gasteiger charge is -2.38. The Kier molecular flexibility index (Phi) is 12.8. The standard InChI is InChI=1S/C33H49N5O3/c1-27-9-10-31(21-29(27)24-38(26-41)32(25-40)8-6-20-39)37-18-16-36(17-19-37)23-28-11-14-34-13-5-7-30(33(2,3)4)22-35-15-12-28/h5,7,9-10,13,20-22,25-26,28,32,34H,6,8,11-12,14-19,23-24H2,1-4H3/b13-5+,30-7+,35-22?/t28?,32-/m0/s1. The van der Waals surface area contributed by atoms with Gasteiger partial charge in [-0.25, -0.2) is 0 Å². The number of aryl methyl sites for hydroxylation is 1. The zero-order chi connectivity index (χ0) is 29.7. The number of rotatable bonds is 11. The third-order valence-electron chi connectivity index (χ3n) is 8.19. The molecule has 1 aromatic rings. The summed E-state index contributed by atoms with van der Waals surface area (Å²) < 4.78 is 0. The van der Waals surface area contributed by atoms with Crippen molar-refractivity contribution in [2.24, 2.45) is 16.3 Å². The van der Waals surface area contributed by atoms with Crippen LogP contribution in [0.3, 0.4) is 0 Å². The van der Waals surface area contributed by atoms with Crippen LogP contribution in [0.25, 0.3) is 0 Å². The minimum atomic E-state index is -0.589. The van der Waals surface area contributed by atoms with Crippen LogP contribution in [-0.4, -0.2) is 86.9 Å². The molecule has 0 radical (unpaired) electrons. The Morgan fingerprint density at radius 2 is 1.90 bits per heavy atom. The van der Waals surface area contributed by atoms with Crippen LogP contribution in [0.1, 0.15) is 57.6 Å². The SMILES string of the molecule is Cc1ccc(N2CCN(CC3CCN=C/C(C(C)(C)C)=C\C=C\NCC3)CC2)cc1CN(C=O)[C@H](C=O)CCC=O. The number of carbonyl (C=O) groups excluding carboxylic acids is 3. The van der Waals surface area contributed by atoms with E-state index in [0.29, 0.717) is 25.3 Å². The van der Waals surface area contributed by atoms with Crippen molar-refractivity contribution in [2.75, 3.05) is 50.7 Å². The molecule has 1 fully saturated rings. The number of aldehydes is 2. The summed E-state index contributed by atoms with van der Waals surface area (Å²) >= 11 is 0. The molecule has 1 saturated heterocycles. The number of allylic oxidation sites excluding steroid dienone is 3. The van der Waals surface area contributed by atoms with Gasteiger partial charge >= 0.3 is 0 Å². The highest BCUT2D eigenvalue weighted by Crippen LogP contribution is 2.25. The molecule has 1 unspecified atom stereocenters. The van der Waals surface area contributed by atoms with Crippen LogP contribution >= 0.6 is 0 Å². The topological polar surface area (TPSA) is 85.3 Å². The van der Waals surface area contributed by atoms with Crippen LogP contribution in [0.4, 0.5) is 5.69 Å². The molecule has 224 valence electrons. The maximum Gasteiger partial charge on any atom is 0.210 e. The second-order valence-electron chi connectivity index (χ2n) is 12.3. The van der Waals surface area contributed by atoms with Crippen molar-refractivity contribution in [3.63, 3.8) is 0 Å². The van der Waals surface area contributed by atoms with Crippen molar-refractivity contribution in [2.45, 2.75) is 66.0 Å². The van der Waals surface area contributed by atoms with Crippen molar-refractivity contribution in [3.8, 4) is 0 Å². The zero-order valence-electron chi connectivity index (χ0n) is 25.4. The molecular weight excluding hydrogens is 514 g/mol. The van der Waals surface area contributed by atoms with Crippen LogP contribution in [0.5, 0.6) is 0 Å². The average molecular weight is 564 g/mol. The summed E-state index contributed by atoms with van der Waals surface area (Å²) in [5.41, 5.74) is 4.56. The third-order valence-corrected chi connectivity index (χ3v) is 8.19. The highest BCUT2D eigenvalue weighted by Gasteiger charge is 2.22. The molecule has 1 N–H and O–H groups in total. The van der Waals surface area contributed by atoms with Gasteiger partial charge in [-0.3, -0.25) is 14.7 Å². The largest absolute Gasteiger partial charge is 0.391 e. The van der Waals surface area contributed by atoms with Crippen molar-refractivity contribution in [3.05, 3.63) is 53.3 Å². The van der Waals surface area contributed by atoms with E-state index < -0.39 is 6.04 Å². The molecule has 2 heterocycles. The van der Waals surface area contributed by atoms with Gasteiger partial charge < -0.3 is 24.7 Å². The van der Waals surface area contributed by atoms with Gasteiger partial charge in [-0.15, -0.1) is 0 Å². The summed E-state index contributed by atoms with van der Waals surface area (Å²) in [6, 6.07) is 5.80. The van der Waals surface area contributed by atoms with Gasteiger partial charge in [0.25, 0.3) is 0 Å². The van der Waals surface area contributed by atoms with Crippen molar-refractivity contribution < 1.29 is 14.4 Å². The minimum absolute atomic E-state index is 0.0676. The number of nitrogens with one attached hydrogen (secondary N) is 1. The van der Waals surface area contributed by atoms with Gasteiger partial charge in [0.05, 0.1) is 6.04 Å². The van der Waals surface area contributed by atoms with E-state index >= 15 is 0 Å². The first-order valence-electron chi connectivity index (χ1n) is 15.0. The van der Waals surface area contributed by atoms with Crippen molar-refractivity contribution in [1.29, 1.82) is 0 Å². The van der Waals surface area contributed by atoms with E-state index in [-0.39, 0.29) is 11.8 Å². The van der Waals surface area contributed by atoms with Gasteiger partial charge in [0.1, 0.15) is 12.6 Å². The van der Waals surface area contributed by atoms with Gasteiger partial charge in [0, 0.05) is 70.7 Å². The molecule has 0 spiro atoms. The van der Waals surface area contributed by atoms with Crippen LogP contribution in [0.2, 0.25) is 0 Å². The molecule has 1 aromatic carbocycles. The maximum atomic E-state index is 11.8. The van der Waals surface area contributed by atoms with Gasteiger partial charge in [-0.05, 0) is 78.6 Å². The highest BCUT2D eigenvalue weighted by molar-refractivity contribution is 5.80. The Balaban J connectivity index is 1.57. The van der Waals surface area contributed by atoms with E-state index in [1.165, 1.54) is 10.5 Å². The Labute approximate surface area is 246 Å². The first-order valence-corrected chi connectivity index (χ1v) is 15.0. The van der Waals surface area contributed by atoms with E-state index in [4.69, 9.17) is 4.99 Å². The molecule has 3 rings (SSSR count). The van der Waals surface area contributed by atoms with Crippen LogP contribution in [0.15, 0.2) is 47.1 Å². The second kappa shape index (κ2) is 16.2. The Morgan fingerprint density at radius 3 is 2.59 bits per heavy atom. The number of aliphatic imine (C=N–C) groups is 1. The van der Waals surface area contributed by atoms with E-state index in [2.05, 4.69) is 72.5 Å². The Bertz CT molecular complexity index is 1080. The molecule has 0 bridgehead atoms. The normalized spacial score (nSPS) is 21.8. The van der Waals surface area contributed by atoms with E-state index in [1.807, 2.05) is 13.1 Å². The highest BCUT2D eigenvalue weighted by atomic mass is 16.1. The molecular formula is C33H49N5O3. The fourth-order valence-corrected chi connectivity index (χ4v) is 5.38. The molecule has 2 aliphatic heterocycles. The lowest BCUT2D eigenvalue weighted by atomic mass is 9.87. The number of piperazine rings is 1. The molecule has 1 amide bonds. The van der Waals surface area contributed by atoms with Crippen molar-refractivity contribution >= 4 is 30.9 Å². The lowest BCUT2D eigenvalue weighted by molar-refractivity contribution is -0.126. The van der Waals surface area contributed by atoms with E-state index in [9.17, 15) is 14.4 Å². The molecule has 41 heavy (non-hydrogen) atoms. The molecule has 0 saturated carbocycles. The Hall–Kier alpha value is -3.26. The predicted octanol–water partition coefficient (Wildman–Crippen LogP) is 4.18. The lowest BCUT2D eigenvalue weighted by Crippen LogP contribution is -2.48. The molecule has 0 aliphatic carbocycles. The smallest absolute Gasteiger partial charge is 0.210 e. The summed E-state index contributed by atoms with van der Waals surface area (Å²) in [4.78, 5) is 45.4. The molecule has 8 heteroatoms. The number of amides is 1. The summed E-state index contributed by atoms with van der Waals surface area (Å²) in [7, 11) is 0. The summed E-state index contributed by atoms with van der Waals surface area (Å²) in [6.45, 7) is 15.8. The third kappa shape index (κ3) is 10.3. The van der Waals surface area contributed by atoms with E-state index in [0.717, 1.165) is 88.0 Å². The fourth-order valence-electron chi connectivity index (χ4n) is 5.38. The predicted molar refractivity (Wildman–Crippen MR) is 167 cm³/mol. The molecule has 8 nitrogen and oxygen atoms in total. The van der Waals surface area contributed by atoms with Gasteiger partial charge in [-0.1, -0.05) is 32.9 Å². The summed E-state index contributed by atoms with van der Waals surface area (Å²) in [5.74, 6) is 0.589. The Morgan fingerprint density at radius 1 is 1.12 bits per heavy atom. The quantitative estimate of drug-likeness (QED) is 0.407. The fraction of sp³-hybridized carbons (Fsp3) is 0.576. The second-order valence-corrected chi connectivity index (χ2v) is 12.3. The van der Waals surface area contributed by atoms with E-state index in [1.54, 1.807) is 0 Å². The number of anilines is 1. The van der Waals surface area contributed by atoms with Crippen LogP contribution in [-0.2, 0) is 20.9 Å². The minimum Gasteiger partial charge on any atom is -0.391 e. The number of nitrogens with zero attached hydrogens (tertiary/aromatic N) is 4. The van der Waals surface area contributed by atoms with Crippen molar-refractivity contribution in [1.82, 2.24) is 15.1 Å². The molecule has 0 aromatic heterocycles. The first-order chi connectivity index (χ1) is 19.7. The van der Waals surface area contributed by atoms with Gasteiger partial charge in [-0.2, -0.15) is 0 Å². The van der Waals surface area contributed by atoms with Gasteiger partial charge in [0.2, 0.25) is 6.41 Å². The monoisotopic (exact) mass is 563 g/mol. The average Bonchev–Trinajstić information content (AvgIpc) is 2.95. The van der Waals surface area contributed by atoms with Crippen LogP contribution in [0, 0.1) is 18.3 Å². The number of hydrogen-bond donors (Lipinski definition) is 1. The number of hydrogen-bond acceptors (Lipinski definition) is 7. The number of carbonyl (C=O) groups is 3. The molecule has 2 atom stereocenters. The maximum absolute atomic E-state index is 11.8. The number of benzene rings is 1. The molecule has 2 aliphatic rings. The van der Waals surface area contributed by atoms with Gasteiger partial charge in [0.15, 0.2) is 0 Å². The summed E-state index contributed by atoms with van der Waals surface area (Å²) in [6.07, 6.45) is 13.4. The zero-order valence-corrected chi connectivity index (χ0v) is 25.4. The van der Waals surface area contributed by atoms with Crippen LogP contribution < -0.4 is 10.2 Å². The first kappa shape index (κ1) is 32.3.